The van der Waals surface area contributed by atoms with Crippen LogP contribution in [0.4, 0.5) is 0 Å². The molecule has 0 saturated carbocycles. The topological polar surface area (TPSA) is 58.2 Å². The summed E-state index contributed by atoms with van der Waals surface area (Å²) in [6, 6.07) is 11.3. The molecule has 0 unspecified atom stereocenters. The lowest BCUT2D eigenvalue weighted by atomic mass is 9.89. The summed E-state index contributed by atoms with van der Waals surface area (Å²) in [4.78, 5) is 24.5. The summed E-state index contributed by atoms with van der Waals surface area (Å²) >= 11 is 0. The van der Waals surface area contributed by atoms with Crippen LogP contribution in [-0.2, 0) is 13.1 Å². The number of benzene rings is 2. The van der Waals surface area contributed by atoms with Crippen molar-refractivity contribution in [2.75, 3.05) is 0 Å². The van der Waals surface area contributed by atoms with Gasteiger partial charge in [-0.1, -0.05) is 24.3 Å². The Labute approximate surface area is 115 Å². The largest absolute Gasteiger partial charge is 0.348 e. The average Bonchev–Trinajstić information content (AvgIpc) is 2.72. The smallest absolute Gasteiger partial charge is 0.252 e. The Morgan fingerprint density at radius 2 is 1.15 bits per heavy atom. The van der Waals surface area contributed by atoms with E-state index in [-0.39, 0.29) is 11.8 Å². The molecular weight excluding hydrogens is 252 g/mol. The molecule has 98 valence electrons. The van der Waals surface area contributed by atoms with Crippen molar-refractivity contribution in [3.63, 3.8) is 0 Å². The van der Waals surface area contributed by atoms with Gasteiger partial charge in [0.05, 0.1) is 0 Å². The van der Waals surface area contributed by atoms with Crippen molar-refractivity contribution in [2.45, 2.75) is 13.1 Å². The van der Waals surface area contributed by atoms with Crippen LogP contribution >= 0.6 is 0 Å². The molecule has 2 aromatic carbocycles. The molecule has 2 amide bonds. The van der Waals surface area contributed by atoms with Crippen LogP contribution in [0.15, 0.2) is 36.4 Å². The Balaban J connectivity index is 2.18. The first-order chi connectivity index (χ1) is 9.75. The molecule has 0 radical (unpaired) electrons. The van der Waals surface area contributed by atoms with E-state index in [1.807, 2.05) is 36.4 Å². The summed E-state index contributed by atoms with van der Waals surface area (Å²) in [5.74, 6) is -0.170. The van der Waals surface area contributed by atoms with Gasteiger partial charge in [0.1, 0.15) is 0 Å². The summed E-state index contributed by atoms with van der Waals surface area (Å²) in [7, 11) is 0. The van der Waals surface area contributed by atoms with Crippen molar-refractivity contribution >= 4 is 11.8 Å². The van der Waals surface area contributed by atoms with Crippen molar-refractivity contribution in [3.8, 4) is 11.1 Å². The minimum atomic E-state index is -0.0849. The Hall–Kier alpha value is -2.62. The zero-order chi connectivity index (χ0) is 13.7. The SMILES string of the molecule is O=C1NCc2cccc3c2-c2c(cccc21)CNC3=O. The molecule has 2 N–H and O–H groups in total. The van der Waals surface area contributed by atoms with Crippen LogP contribution in [0.5, 0.6) is 0 Å². The number of hydrogen-bond donors (Lipinski definition) is 2. The summed E-state index contributed by atoms with van der Waals surface area (Å²) < 4.78 is 0. The number of nitrogens with one attached hydrogen (secondary N) is 2. The van der Waals surface area contributed by atoms with Crippen LogP contribution in [-0.4, -0.2) is 11.8 Å². The second-order valence-electron chi connectivity index (χ2n) is 5.04. The minimum Gasteiger partial charge on any atom is -0.348 e. The Morgan fingerprint density at radius 1 is 0.700 bits per heavy atom. The van der Waals surface area contributed by atoms with Gasteiger partial charge in [-0.05, 0) is 23.3 Å². The molecule has 2 aliphatic heterocycles. The van der Waals surface area contributed by atoms with Crippen molar-refractivity contribution in [2.24, 2.45) is 0 Å². The Kier molecular flexibility index (Phi) is 2.21. The van der Waals surface area contributed by atoms with Gasteiger partial charge in [-0.25, -0.2) is 0 Å². The maximum atomic E-state index is 12.2. The Morgan fingerprint density at radius 3 is 1.60 bits per heavy atom. The molecule has 0 spiro atoms. The van der Waals surface area contributed by atoms with Crippen LogP contribution in [0, 0.1) is 0 Å². The summed E-state index contributed by atoms with van der Waals surface area (Å²) in [6.07, 6.45) is 0. The van der Waals surface area contributed by atoms with Crippen LogP contribution in [0.2, 0.25) is 0 Å². The summed E-state index contributed by atoms with van der Waals surface area (Å²) in [6.45, 7) is 0.896. The van der Waals surface area contributed by atoms with Gasteiger partial charge in [0.15, 0.2) is 0 Å². The van der Waals surface area contributed by atoms with Gasteiger partial charge in [0.25, 0.3) is 11.8 Å². The van der Waals surface area contributed by atoms with E-state index in [0.717, 1.165) is 22.3 Å². The molecule has 0 aliphatic carbocycles. The van der Waals surface area contributed by atoms with Crippen molar-refractivity contribution in [1.82, 2.24) is 10.6 Å². The molecule has 0 bridgehead atoms. The fraction of sp³-hybridized carbons (Fsp3) is 0.125. The molecule has 2 aromatic rings. The van der Waals surface area contributed by atoms with Crippen LogP contribution in [0.1, 0.15) is 31.8 Å². The third-order valence-electron chi connectivity index (χ3n) is 3.92. The van der Waals surface area contributed by atoms with Gasteiger partial charge >= 0.3 is 0 Å². The van der Waals surface area contributed by atoms with E-state index in [1.54, 1.807) is 0 Å². The number of hydrogen-bond acceptors (Lipinski definition) is 2. The predicted octanol–water partition coefficient (Wildman–Crippen LogP) is 1.84. The van der Waals surface area contributed by atoms with Crippen LogP contribution in [0.3, 0.4) is 0 Å². The molecule has 2 heterocycles. The minimum absolute atomic E-state index is 0.0849. The lowest BCUT2D eigenvalue weighted by Gasteiger charge is -2.12. The third kappa shape index (κ3) is 1.42. The maximum absolute atomic E-state index is 12.2. The molecule has 0 saturated heterocycles. The first-order valence-corrected chi connectivity index (χ1v) is 6.56. The second kappa shape index (κ2) is 3.93. The zero-order valence-corrected chi connectivity index (χ0v) is 10.7. The number of rotatable bonds is 0. The molecule has 0 fully saturated rings. The van der Waals surface area contributed by atoms with Gasteiger partial charge in [-0.15, -0.1) is 0 Å². The molecular formula is C16H12N2O2. The zero-order valence-electron chi connectivity index (χ0n) is 10.7. The quantitative estimate of drug-likeness (QED) is 0.762. The highest BCUT2D eigenvalue weighted by molar-refractivity contribution is 6.09. The van der Waals surface area contributed by atoms with E-state index in [9.17, 15) is 9.59 Å². The lowest BCUT2D eigenvalue weighted by Crippen LogP contribution is -2.23. The Bertz CT molecular complexity index is 700. The fourth-order valence-electron chi connectivity index (χ4n) is 3.01. The maximum Gasteiger partial charge on any atom is 0.252 e. The highest BCUT2D eigenvalue weighted by Gasteiger charge is 2.28. The molecule has 4 heteroatoms. The van der Waals surface area contributed by atoms with Gasteiger partial charge in [0, 0.05) is 35.3 Å². The molecule has 4 nitrogen and oxygen atoms in total. The van der Waals surface area contributed by atoms with Crippen molar-refractivity contribution in [3.05, 3.63) is 58.7 Å². The van der Waals surface area contributed by atoms with Gasteiger partial charge < -0.3 is 10.6 Å². The first-order valence-electron chi connectivity index (χ1n) is 6.56. The van der Waals surface area contributed by atoms with E-state index in [1.165, 1.54) is 0 Å². The molecule has 2 aliphatic rings. The first kappa shape index (κ1) is 11.2. The molecule has 0 aromatic heterocycles. The van der Waals surface area contributed by atoms with Crippen molar-refractivity contribution in [1.29, 1.82) is 0 Å². The highest BCUT2D eigenvalue weighted by atomic mass is 16.2. The normalized spacial score (nSPS) is 15.6. The third-order valence-corrected chi connectivity index (χ3v) is 3.92. The number of carbonyl (C=O) groups is 2. The molecule has 0 atom stereocenters. The molecule has 20 heavy (non-hydrogen) atoms. The number of carbonyl (C=O) groups excluding carboxylic acids is 2. The molecule has 4 rings (SSSR count). The standard InChI is InChI=1S/C16H12N2O2/c19-15-11-5-1-3-9-7-17-16(20)12-6-2-4-10(8-18-15)14(12)13(9)11/h1-6H,7-8H2,(H,17,20)(H,18,19). The van der Waals surface area contributed by atoms with E-state index in [2.05, 4.69) is 10.6 Å². The van der Waals surface area contributed by atoms with Gasteiger partial charge in [0.2, 0.25) is 0 Å². The summed E-state index contributed by atoms with van der Waals surface area (Å²) in [5, 5.41) is 5.81. The van der Waals surface area contributed by atoms with E-state index in [0.29, 0.717) is 24.2 Å². The van der Waals surface area contributed by atoms with Gasteiger partial charge in [-0.2, -0.15) is 0 Å². The fourth-order valence-corrected chi connectivity index (χ4v) is 3.01. The summed E-state index contributed by atoms with van der Waals surface area (Å²) in [5.41, 5.74) is 5.05. The predicted molar refractivity (Wildman–Crippen MR) is 74.2 cm³/mol. The average molecular weight is 264 g/mol. The van der Waals surface area contributed by atoms with E-state index in [4.69, 9.17) is 0 Å². The highest BCUT2D eigenvalue weighted by Crippen LogP contribution is 2.37. The monoisotopic (exact) mass is 264 g/mol. The van der Waals surface area contributed by atoms with Crippen LogP contribution in [0.25, 0.3) is 11.1 Å². The van der Waals surface area contributed by atoms with Gasteiger partial charge in [-0.3, -0.25) is 9.59 Å². The lowest BCUT2D eigenvalue weighted by molar-refractivity contribution is 0.0946. The van der Waals surface area contributed by atoms with Crippen molar-refractivity contribution < 1.29 is 9.59 Å². The van der Waals surface area contributed by atoms with E-state index >= 15 is 0 Å². The van der Waals surface area contributed by atoms with Crippen LogP contribution < -0.4 is 10.6 Å². The number of amides is 2. The second-order valence-corrected chi connectivity index (χ2v) is 5.04. The van der Waals surface area contributed by atoms with E-state index < -0.39 is 0 Å².